The minimum atomic E-state index is -0.643. The molecule has 0 heterocycles. The zero-order valence-electron chi connectivity index (χ0n) is 9.96. The van der Waals surface area contributed by atoms with Crippen molar-refractivity contribution >= 4 is 49.4 Å². The predicted molar refractivity (Wildman–Crippen MR) is 83.9 cm³/mol. The first-order valence-electron chi connectivity index (χ1n) is 5.44. The smallest absolute Gasteiger partial charge is 0.312 e. The average Bonchev–Trinajstić information content (AvgIpc) is 2.40. The van der Waals surface area contributed by atoms with Crippen LogP contribution in [0.3, 0.4) is 0 Å². The first kappa shape index (κ1) is 14.7. The number of hydrogen-bond acceptors (Lipinski definition) is 4. The number of hydrogen-bond donors (Lipinski definition) is 1. The maximum atomic E-state index is 10.8. The molecule has 0 spiro atoms. The van der Waals surface area contributed by atoms with E-state index in [0.717, 1.165) is 4.47 Å². The summed E-state index contributed by atoms with van der Waals surface area (Å²) < 4.78 is 1.29. The van der Waals surface area contributed by atoms with Crippen LogP contribution < -0.4 is 0 Å². The molecule has 0 amide bonds. The van der Waals surface area contributed by atoms with Crippen molar-refractivity contribution < 1.29 is 10.0 Å². The monoisotopic (exact) mass is 398 g/mol. The van der Waals surface area contributed by atoms with Gasteiger partial charge >= 0.3 is 5.69 Å². The van der Waals surface area contributed by atoms with Crippen LogP contribution in [0.1, 0.15) is 5.56 Å². The van der Waals surface area contributed by atoms with E-state index in [9.17, 15) is 15.2 Å². The highest BCUT2D eigenvalue weighted by Crippen LogP contribution is 2.33. The van der Waals surface area contributed by atoms with Crippen molar-refractivity contribution in [3.63, 3.8) is 0 Å². The number of nitrogens with zero attached hydrogens (tertiary/aromatic N) is 2. The van der Waals surface area contributed by atoms with Crippen LogP contribution in [0.4, 0.5) is 11.4 Å². The van der Waals surface area contributed by atoms with Gasteiger partial charge in [-0.1, -0.05) is 28.1 Å². The summed E-state index contributed by atoms with van der Waals surface area (Å²) >= 11 is 6.52. The fraction of sp³-hybridized carbons (Fsp3) is 0. The second-order valence-corrected chi connectivity index (χ2v) is 5.60. The van der Waals surface area contributed by atoms with Crippen molar-refractivity contribution in [3.05, 3.63) is 61.0 Å². The van der Waals surface area contributed by atoms with E-state index in [0.29, 0.717) is 10.2 Å². The van der Waals surface area contributed by atoms with E-state index >= 15 is 0 Å². The molecule has 0 aromatic heterocycles. The Labute approximate surface area is 131 Å². The van der Waals surface area contributed by atoms with E-state index in [1.807, 2.05) is 18.2 Å². The first-order valence-corrected chi connectivity index (χ1v) is 7.03. The summed E-state index contributed by atoms with van der Waals surface area (Å²) in [6, 6.07) is 10.1. The van der Waals surface area contributed by atoms with Gasteiger partial charge in [-0.25, -0.2) is 0 Å². The molecule has 0 bridgehead atoms. The van der Waals surface area contributed by atoms with Crippen LogP contribution in [0, 0.1) is 10.1 Å². The van der Waals surface area contributed by atoms with Crippen molar-refractivity contribution in [2.45, 2.75) is 0 Å². The highest BCUT2D eigenvalue weighted by atomic mass is 79.9. The number of phenols is 1. The second kappa shape index (κ2) is 6.15. The maximum Gasteiger partial charge on any atom is 0.312 e. The lowest BCUT2D eigenvalue weighted by molar-refractivity contribution is -0.385. The van der Waals surface area contributed by atoms with Crippen LogP contribution in [0.2, 0.25) is 0 Å². The largest absolute Gasteiger partial charge is 0.502 e. The third-order valence-electron chi connectivity index (χ3n) is 2.48. The van der Waals surface area contributed by atoms with E-state index in [4.69, 9.17) is 0 Å². The number of nitro groups is 1. The standard InChI is InChI=1S/C13H8Br2N2O3/c14-9-5-8(13(18)12(6-9)17(19)20)7-16-11-4-2-1-3-10(11)15/h1-7,18H. The van der Waals surface area contributed by atoms with Gasteiger partial charge in [0.05, 0.1) is 10.6 Å². The van der Waals surface area contributed by atoms with Gasteiger partial charge in [-0.2, -0.15) is 0 Å². The van der Waals surface area contributed by atoms with Gasteiger partial charge < -0.3 is 5.11 Å². The molecule has 1 N–H and O–H groups in total. The van der Waals surface area contributed by atoms with Crippen molar-refractivity contribution in [1.29, 1.82) is 0 Å². The minimum absolute atomic E-state index is 0.266. The van der Waals surface area contributed by atoms with Gasteiger partial charge in [-0.05, 0) is 34.1 Å². The van der Waals surface area contributed by atoms with Crippen molar-refractivity contribution in [2.75, 3.05) is 0 Å². The minimum Gasteiger partial charge on any atom is -0.502 e. The van der Waals surface area contributed by atoms with Gasteiger partial charge in [0.2, 0.25) is 5.75 Å². The highest BCUT2D eigenvalue weighted by molar-refractivity contribution is 9.10. The molecular formula is C13H8Br2N2O3. The molecule has 0 aliphatic carbocycles. The number of aromatic hydroxyl groups is 1. The average molecular weight is 400 g/mol. The van der Waals surface area contributed by atoms with Crippen LogP contribution in [-0.4, -0.2) is 16.2 Å². The Morgan fingerprint density at radius 1 is 1.25 bits per heavy atom. The molecule has 5 nitrogen and oxygen atoms in total. The zero-order valence-corrected chi connectivity index (χ0v) is 13.1. The summed E-state index contributed by atoms with van der Waals surface area (Å²) in [5, 5.41) is 20.7. The quantitative estimate of drug-likeness (QED) is 0.466. The molecule has 7 heteroatoms. The van der Waals surface area contributed by atoms with Gasteiger partial charge in [0.1, 0.15) is 0 Å². The SMILES string of the molecule is O=[N+]([O-])c1cc(Br)cc(C=Nc2ccccc2Br)c1O. The fourth-order valence-corrected chi connectivity index (χ4v) is 2.39. The first-order chi connectivity index (χ1) is 9.49. The van der Waals surface area contributed by atoms with E-state index in [1.165, 1.54) is 12.3 Å². The van der Waals surface area contributed by atoms with E-state index in [-0.39, 0.29) is 11.3 Å². The zero-order chi connectivity index (χ0) is 14.7. The van der Waals surface area contributed by atoms with E-state index in [2.05, 4.69) is 36.9 Å². The second-order valence-electron chi connectivity index (χ2n) is 3.83. The third-order valence-corrected chi connectivity index (χ3v) is 3.60. The highest BCUT2D eigenvalue weighted by Gasteiger charge is 2.17. The van der Waals surface area contributed by atoms with Gasteiger partial charge in [0, 0.05) is 26.8 Å². The number of halogens is 2. The fourth-order valence-electron chi connectivity index (χ4n) is 1.54. The van der Waals surface area contributed by atoms with Crippen LogP contribution in [0.5, 0.6) is 5.75 Å². The summed E-state index contributed by atoms with van der Waals surface area (Å²) in [5.74, 6) is -0.408. The summed E-state index contributed by atoms with van der Waals surface area (Å²) in [6.07, 6.45) is 1.38. The van der Waals surface area contributed by atoms with Crippen molar-refractivity contribution in [3.8, 4) is 5.75 Å². The number of benzene rings is 2. The molecule has 0 saturated carbocycles. The molecule has 0 aliphatic rings. The van der Waals surface area contributed by atoms with Gasteiger partial charge in [-0.3, -0.25) is 15.1 Å². The Hall–Kier alpha value is -1.73. The molecule has 0 saturated heterocycles. The van der Waals surface area contributed by atoms with Crippen molar-refractivity contribution in [1.82, 2.24) is 0 Å². The van der Waals surface area contributed by atoms with E-state index in [1.54, 1.807) is 12.1 Å². The van der Waals surface area contributed by atoms with Crippen LogP contribution >= 0.6 is 31.9 Å². The topological polar surface area (TPSA) is 75.7 Å². The molecule has 2 aromatic rings. The van der Waals surface area contributed by atoms with Gasteiger partial charge in [0.25, 0.3) is 0 Å². The summed E-state index contributed by atoms with van der Waals surface area (Å²) in [5.41, 5.74) is 0.560. The number of phenolic OH excluding ortho intramolecular Hbond substituents is 1. The van der Waals surface area contributed by atoms with Gasteiger partial charge in [-0.15, -0.1) is 0 Å². The normalized spacial score (nSPS) is 10.9. The van der Waals surface area contributed by atoms with Crippen LogP contribution in [0.15, 0.2) is 50.3 Å². The number of rotatable bonds is 3. The Kier molecular flexibility index (Phi) is 4.51. The summed E-state index contributed by atoms with van der Waals surface area (Å²) in [7, 11) is 0. The predicted octanol–water partition coefficient (Wildman–Crippen LogP) is 4.58. The van der Waals surface area contributed by atoms with Gasteiger partial charge in [0.15, 0.2) is 0 Å². The lowest BCUT2D eigenvalue weighted by atomic mass is 10.2. The van der Waals surface area contributed by atoms with Crippen molar-refractivity contribution in [2.24, 2.45) is 4.99 Å². The molecule has 0 fully saturated rings. The molecule has 0 unspecified atom stereocenters. The number of para-hydroxylation sites is 1. The molecule has 2 aromatic carbocycles. The maximum absolute atomic E-state index is 10.8. The molecule has 0 aliphatic heterocycles. The molecule has 102 valence electrons. The number of aliphatic imine (C=N–C) groups is 1. The third kappa shape index (κ3) is 3.23. The lowest BCUT2D eigenvalue weighted by Crippen LogP contribution is -1.92. The Bertz CT molecular complexity index is 702. The Morgan fingerprint density at radius 3 is 2.60 bits per heavy atom. The Balaban J connectivity index is 2.44. The molecule has 2 rings (SSSR count). The molecule has 0 radical (unpaired) electrons. The summed E-state index contributed by atoms with van der Waals surface area (Å²) in [6.45, 7) is 0. The van der Waals surface area contributed by atoms with Crippen LogP contribution in [0.25, 0.3) is 0 Å². The number of nitro benzene ring substituents is 1. The van der Waals surface area contributed by atoms with Crippen LogP contribution in [-0.2, 0) is 0 Å². The van der Waals surface area contributed by atoms with E-state index < -0.39 is 10.7 Å². The molecule has 0 atom stereocenters. The lowest BCUT2D eigenvalue weighted by Gasteiger charge is -2.02. The molecule has 20 heavy (non-hydrogen) atoms. The summed E-state index contributed by atoms with van der Waals surface area (Å²) in [4.78, 5) is 14.4. The molecular weight excluding hydrogens is 392 g/mol. The Morgan fingerprint density at radius 2 is 1.95 bits per heavy atom.